The number of hydrogen-bond donors (Lipinski definition) is 3. The van der Waals surface area contributed by atoms with E-state index in [0.29, 0.717) is 38.0 Å². The van der Waals surface area contributed by atoms with E-state index in [2.05, 4.69) is 16.1 Å². The molecule has 0 spiro atoms. The number of amidine groups is 1. The lowest BCUT2D eigenvalue weighted by atomic mass is 9.87. The number of carboxylic acid groups (broad SMARTS) is 1. The van der Waals surface area contributed by atoms with Gasteiger partial charge in [0.1, 0.15) is 17.6 Å². The molecule has 1 aromatic carbocycles. The Bertz CT molecular complexity index is 841. The molecule has 1 aliphatic heterocycles. The second kappa shape index (κ2) is 10.9. The Kier molecular flexibility index (Phi) is 8.29. The predicted molar refractivity (Wildman–Crippen MR) is 110 cm³/mol. The smallest absolute Gasteiger partial charge is 0.407 e. The van der Waals surface area contributed by atoms with Gasteiger partial charge in [0.2, 0.25) is 5.91 Å². The summed E-state index contributed by atoms with van der Waals surface area (Å²) in [6.45, 7) is 0.790. The van der Waals surface area contributed by atoms with Gasteiger partial charge in [-0.2, -0.15) is 5.26 Å². The molecule has 5 N–H and O–H groups in total. The number of amides is 2. The molecule has 0 aliphatic carbocycles. The van der Waals surface area contributed by atoms with E-state index in [1.807, 2.05) is 0 Å². The molecule has 1 aliphatic rings. The molecule has 1 fully saturated rings. The van der Waals surface area contributed by atoms with Crippen molar-refractivity contribution in [3.05, 3.63) is 30.1 Å². The average molecular weight is 416 g/mol. The van der Waals surface area contributed by atoms with Crippen LogP contribution >= 0.6 is 0 Å². The molecule has 0 bridgehead atoms. The van der Waals surface area contributed by atoms with Crippen LogP contribution in [0.15, 0.2) is 34.3 Å². The number of carbonyl (C=O) groups is 2. The Morgan fingerprint density at radius 1 is 1.30 bits per heavy atom. The zero-order valence-electron chi connectivity index (χ0n) is 16.4. The molecule has 10 heteroatoms. The minimum absolute atomic E-state index is 0.0717. The molecule has 9 nitrogen and oxygen atoms in total. The summed E-state index contributed by atoms with van der Waals surface area (Å²) < 4.78 is 13.0. The van der Waals surface area contributed by atoms with E-state index in [1.54, 1.807) is 0 Å². The van der Waals surface area contributed by atoms with Crippen LogP contribution < -0.4 is 11.5 Å². The van der Waals surface area contributed by atoms with Gasteiger partial charge in [-0.1, -0.05) is 0 Å². The number of hydrogen-bond acceptors (Lipinski definition) is 5. The molecule has 2 atom stereocenters. The molecule has 0 aromatic heterocycles. The van der Waals surface area contributed by atoms with E-state index in [9.17, 15) is 14.0 Å². The maximum absolute atomic E-state index is 13.0. The van der Waals surface area contributed by atoms with Crippen molar-refractivity contribution < 1.29 is 19.1 Å². The molecule has 1 saturated heterocycles. The van der Waals surface area contributed by atoms with E-state index in [1.165, 1.54) is 35.4 Å². The van der Waals surface area contributed by atoms with Crippen molar-refractivity contribution in [1.82, 2.24) is 4.90 Å². The number of halogens is 1. The first-order chi connectivity index (χ1) is 14.3. The minimum Gasteiger partial charge on any atom is -0.465 e. The van der Waals surface area contributed by atoms with E-state index in [-0.39, 0.29) is 24.2 Å². The molecule has 0 saturated carbocycles. The van der Waals surface area contributed by atoms with Gasteiger partial charge in [-0.15, -0.1) is 0 Å². The summed E-state index contributed by atoms with van der Waals surface area (Å²) in [5.41, 5.74) is 11.8. The monoisotopic (exact) mass is 416 g/mol. The summed E-state index contributed by atoms with van der Waals surface area (Å²) in [4.78, 5) is 32.9. The van der Waals surface area contributed by atoms with E-state index in [4.69, 9.17) is 21.8 Å². The van der Waals surface area contributed by atoms with Gasteiger partial charge in [0, 0.05) is 25.7 Å². The number of nitriles is 1. The standard InChI is InChI=1S/C20H25FN6O3/c21-14-3-5-15(6-4-14)26-18(23)16(19(24)28)12-25-17(2-1-9-22)13-7-10-27(11-8-13)20(29)30/h3-6,12-13,16-17H,1-2,7-8,10-11H2,(H2,23,26)(H2,24,28)(H,29,30). The fraction of sp³-hybridized carbons (Fsp3) is 0.450. The third kappa shape index (κ3) is 6.55. The molecule has 160 valence electrons. The van der Waals surface area contributed by atoms with Crippen LogP contribution in [0, 0.1) is 29.0 Å². The third-order valence-corrected chi connectivity index (χ3v) is 5.04. The zero-order chi connectivity index (χ0) is 22.1. The number of primary amides is 1. The van der Waals surface area contributed by atoms with Gasteiger partial charge in [-0.05, 0) is 49.4 Å². The van der Waals surface area contributed by atoms with Crippen molar-refractivity contribution in [2.24, 2.45) is 33.3 Å². The van der Waals surface area contributed by atoms with Gasteiger partial charge in [0.05, 0.1) is 17.8 Å². The molecule has 1 aromatic rings. The SMILES string of the molecule is N#CCCC(N=CC(C(N)=O)C(N)=Nc1ccc(F)cc1)C1CCN(C(=O)O)CC1. The zero-order valence-corrected chi connectivity index (χ0v) is 16.4. The molecule has 1 heterocycles. The van der Waals surface area contributed by atoms with Crippen LogP contribution in [0.25, 0.3) is 0 Å². The van der Waals surface area contributed by atoms with Crippen LogP contribution in [0.2, 0.25) is 0 Å². The fourth-order valence-electron chi connectivity index (χ4n) is 3.35. The normalized spacial score (nSPS) is 17.5. The molecule has 2 rings (SSSR count). The molecular weight excluding hydrogens is 391 g/mol. The Hall–Kier alpha value is -3.48. The highest BCUT2D eigenvalue weighted by Gasteiger charge is 2.28. The lowest BCUT2D eigenvalue weighted by molar-refractivity contribution is -0.118. The lowest BCUT2D eigenvalue weighted by Gasteiger charge is -2.33. The number of nitrogens with two attached hydrogens (primary N) is 2. The van der Waals surface area contributed by atoms with Crippen LogP contribution in [0.4, 0.5) is 14.9 Å². The van der Waals surface area contributed by atoms with Gasteiger partial charge in [0.25, 0.3) is 0 Å². The topological polar surface area (TPSA) is 158 Å². The van der Waals surface area contributed by atoms with E-state index < -0.39 is 23.7 Å². The van der Waals surface area contributed by atoms with Gasteiger partial charge < -0.3 is 21.5 Å². The summed E-state index contributed by atoms with van der Waals surface area (Å²) in [6, 6.07) is 7.11. The van der Waals surface area contributed by atoms with E-state index >= 15 is 0 Å². The molecular formula is C20H25FN6O3. The first-order valence-electron chi connectivity index (χ1n) is 9.59. The number of rotatable bonds is 8. The Balaban J connectivity index is 2.15. The van der Waals surface area contributed by atoms with Crippen LogP contribution in [-0.2, 0) is 4.79 Å². The Morgan fingerprint density at radius 2 is 1.93 bits per heavy atom. The summed E-state index contributed by atoms with van der Waals surface area (Å²) in [5, 5.41) is 18.0. The number of piperidine rings is 1. The molecule has 2 unspecified atom stereocenters. The second-order valence-electron chi connectivity index (χ2n) is 7.06. The minimum atomic E-state index is -1.06. The third-order valence-electron chi connectivity index (χ3n) is 5.04. The summed E-state index contributed by atoms with van der Waals surface area (Å²) in [6.07, 6.45) is 2.37. The van der Waals surface area contributed by atoms with Gasteiger partial charge in [-0.3, -0.25) is 9.79 Å². The maximum atomic E-state index is 13.0. The average Bonchev–Trinajstić information content (AvgIpc) is 2.72. The largest absolute Gasteiger partial charge is 0.465 e. The summed E-state index contributed by atoms with van der Waals surface area (Å²) in [7, 11) is 0. The summed E-state index contributed by atoms with van der Waals surface area (Å²) in [5.74, 6) is -2.21. The van der Waals surface area contributed by atoms with Crippen molar-refractivity contribution in [3.8, 4) is 6.07 Å². The van der Waals surface area contributed by atoms with Crippen LogP contribution in [0.1, 0.15) is 25.7 Å². The van der Waals surface area contributed by atoms with Gasteiger partial charge >= 0.3 is 6.09 Å². The Labute approximate surface area is 173 Å². The van der Waals surface area contributed by atoms with E-state index in [0.717, 1.165) is 0 Å². The lowest BCUT2D eigenvalue weighted by Crippen LogP contribution is -2.40. The predicted octanol–water partition coefficient (Wildman–Crippen LogP) is 2.05. The number of aliphatic imine (C=N–C) groups is 2. The second-order valence-corrected chi connectivity index (χ2v) is 7.06. The first-order valence-corrected chi connectivity index (χ1v) is 9.59. The number of carbonyl (C=O) groups excluding carboxylic acids is 1. The highest BCUT2D eigenvalue weighted by molar-refractivity contribution is 6.14. The van der Waals surface area contributed by atoms with Crippen LogP contribution in [0.5, 0.6) is 0 Å². The first kappa shape index (κ1) is 22.8. The highest BCUT2D eigenvalue weighted by atomic mass is 19.1. The highest BCUT2D eigenvalue weighted by Crippen LogP contribution is 2.26. The van der Waals surface area contributed by atoms with Gasteiger partial charge in [-0.25, -0.2) is 14.2 Å². The molecule has 0 radical (unpaired) electrons. The number of likely N-dealkylation sites (tertiary alicyclic amines) is 1. The Morgan fingerprint density at radius 3 is 2.47 bits per heavy atom. The number of benzene rings is 1. The number of nitrogens with zero attached hydrogens (tertiary/aromatic N) is 4. The van der Waals surface area contributed by atoms with Crippen molar-refractivity contribution in [1.29, 1.82) is 5.26 Å². The fourth-order valence-corrected chi connectivity index (χ4v) is 3.35. The molecule has 30 heavy (non-hydrogen) atoms. The van der Waals surface area contributed by atoms with Crippen molar-refractivity contribution in [2.45, 2.75) is 31.7 Å². The van der Waals surface area contributed by atoms with Crippen molar-refractivity contribution in [2.75, 3.05) is 13.1 Å². The molecule has 2 amide bonds. The summed E-state index contributed by atoms with van der Waals surface area (Å²) >= 11 is 0. The maximum Gasteiger partial charge on any atom is 0.407 e. The van der Waals surface area contributed by atoms with Gasteiger partial charge in [0.15, 0.2) is 0 Å². The quantitative estimate of drug-likeness (QED) is 0.436. The van der Waals surface area contributed by atoms with Crippen LogP contribution in [0.3, 0.4) is 0 Å². The van der Waals surface area contributed by atoms with Crippen LogP contribution in [-0.4, -0.2) is 53.2 Å². The van der Waals surface area contributed by atoms with Crippen molar-refractivity contribution >= 4 is 29.7 Å². The van der Waals surface area contributed by atoms with Crippen molar-refractivity contribution in [3.63, 3.8) is 0 Å².